The van der Waals surface area contributed by atoms with Crippen LogP contribution in [0, 0.1) is 0 Å². The first kappa shape index (κ1) is 16.7. The van der Waals surface area contributed by atoms with E-state index in [9.17, 15) is 4.79 Å². The standard InChI is InChI=1S/C11H12N2O2.C8H8N2/c14-11(15)10-7-13(8-12-10)6-9-4-2-1-3-5-9;1-2-4-8-7(3-1)5-9-6-10-8/h1-5,8,10H,6-7H2,(H,14,15);1-4,6H,5H2,(H,9,10). The van der Waals surface area contributed by atoms with Gasteiger partial charge in [-0.2, -0.15) is 0 Å². The number of carbonyl (C=O) groups is 1. The van der Waals surface area contributed by atoms with Crippen LogP contribution in [0.2, 0.25) is 0 Å². The Labute approximate surface area is 146 Å². The molecule has 2 aliphatic heterocycles. The van der Waals surface area contributed by atoms with Crippen molar-refractivity contribution in [2.75, 3.05) is 11.9 Å². The largest absolute Gasteiger partial charge is 0.480 e. The second kappa shape index (κ2) is 8.10. The minimum atomic E-state index is -0.859. The zero-order valence-electron chi connectivity index (χ0n) is 13.7. The summed E-state index contributed by atoms with van der Waals surface area (Å²) < 4.78 is 0. The van der Waals surface area contributed by atoms with Gasteiger partial charge in [0.2, 0.25) is 0 Å². The highest BCUT2D eigenvalue weighted by molar-refractivity contribution is 5.79. The van der Waals surface area contributed by atoms with Gasteiger partial charge < -0.3 is 15.3 Å². The van der Waals surface area contributed by atoms with Crippen molar-refractivity contribution in [2.24, 2.45) is 9.98 Å². The fourth-order valence-electron chi connectivity index (χ4n) is 2.61. The molecule has 6 nitrogen and oxygen atoms in total. The van der Waals surface area contributed by atoms with Crippen molar-refractivity contribution >= 4 is 24.3 Å². The Morgan fingerprint density at radius 1 is 1.16 bits per heavy atom. The lowest BCUT2D eigenvalue weighted by Crippen LogP contribution is -2.27. The number of benzene rings is 2. The molecule has 0 aliphatic carbocycles. The molecule has 0 saturated carbocycles. The summed E-state index contributed by atoms with van der Waals surface area (Å²) in [5.74, 6) is -0.859. The molecule has 0 spiro atoms. The minimum absolute atomic E-state index is 0.463. The minimum Gasteiger partial charge on any atom is -0.480 e. The summed E-state index contributed by atoms with van der Waals surface area (Å²) in [6, 6.07) is 17.5. The summed E-state index contributed by atoms with van der Waals surface area (Å²) in [5.41, 5.74) is 3.61. The van der Waals surface area contributed by atoms with Crippen molar-refractivity contribution in [1.82, 2.24) is 4.90 Å². The third kappa shape index (κ3) is 4.67. The van der Waals surface area contributed by atoms with Gasteiger partial charge in [0.05, 0.1) is 25.8 Å². The van der Waals surface area contributed by atoms with Gasteiger partial charge in [0.25, 0.3) is 0 Å². The first-order valence-electron chi connectivity index (χ1n) is 8.09. The number of aliphatic carboxylic acids is 1. The van der Waals surface area contributed by atoms with Crippen LogP contribution in [0.3, 0.4) is 0 Å². The van der Waals surface area contributed by atoms with Gasteiger partial charge in [-0.1, -0.05) is 48.5 Å². The molecule has 25 heavy (non-hydrogen) atoms. The smallest absolute Gasteiger partial charge is 0.330 e. The number of hydrogen-bond acceptors (Lipinski definition) is 5. The monoisotopic (exact) mass is 336 g/mol. The number of carboxylic acids is 1. The van der Waals surface area contributed by atoms with Crippen molar-refractivity contribution in [2.45, 2.75) is 19.1 Å². The average molecular weight is 336 g/mol. The first-order valence-corrected chi connectivity index (χ1v) is 8.09. The maximum atomic E-state index is 10.7. The van der Waals surface area contributed by atoms with Gasteiger partial charge in [0.15, 0.2) is 6.04 Å². The highest BCUT2D eigenvalue weighted by Gasteiger charge is 2.23. The van der Waals surface area contributed by atoms with Gasteiger partial charge in [-0.3, -0.25) is 9.98 Å². The third-order valence-corrected chi connectivity index (χ3v) is 3.92. The number of hydrogen-bond donors (Lipinski definition) is 2. The van der Waals surface area contributed by atoms with E-state index >= 15 is 0 Å². The second-order valence-corrected chi connectivity index (χ2v) is 5.80. The van der Waals surface area contributed by atoms with Crippen molar-refractivity contribution < 1.29 is 9.90 Å². The predicted molar refractivity (Wildman–Crippen MR) is 99.0 cm³/mol. The van der Waals surface area contributed by atoms with Gasteiger partial charge in [-0.15, -0.1) is 0 Å². The third-order valence-electron chi connectivity index (χ3n) is 3.92. The molecule has 2 N–H and O–H groups in total. The van der Waals surface area contributed by atoms with Gasteiger partial charge >= 0.3 is 5.97 Å². The summed E-state index contributed by atoms with van der Waals surface area (Å²) in [6.07, 6.45) is 3.36. The first-order chi connectivity index (χ1) is 12.2. The SMILES string of the molecule is C1=NCc2ccccc2N1.O=C(O)C1CN(Cc2ccccc2)C=N1. The van der Waals surface area contributed by atoms with Crippen LogP contribution >= 0.6 is 0 Å². The molecule has 1 atom stereocenters. The second-order valence-electron chi connectivity index (χ2n) is 5.80. The maximum Gasteiger partial charge on any atom is 0.330 e. The molecule has 0 saturated heterocycles. The van der Waals surface area contributed by atoms with E-state index in [2.05, 4.69) is 27.4 Å². The number of fused-ring (bicyclic) bond motifs is 1. The number of carboxylic acid groups (broad SMARTS) is 1. The quantitative estimate of drug-likeness (QED) is 0.903. The molecule has 0 fully saturated rings. The normalized spacial score (nSPS) is 17.3. The topological polar surface area (TPSA) is 77.3 Å². The van der Waals surface area contributed by atoms with Crippen molar-refractivity contribution in [1.29, 1.82) is 0 Å². The van der Waals surface area contributed by atoms with Gasteiger partial charge in [-0.05, 0) is 17.2 Å². The zero-order valence-corrected chi connectivity index (χ0v) is 13.7. The highest BCUT2D eigenvalue weighted by atomic mass is 16.4. The molecule has 0 aromatic heterocycles. The number of nitrogens with one attached hydrogen (secondary N) is 1. The Kier molecular flexibility index (Phi) is 5.41. The molecule has 6 heteroatoms. The fraction of sp³-hybridized carbons (Fsp3) is 0.211. The molecular formula is C19H20N4O2. The van der Waals surface area contributed by atoms with E-state index in [1.54, 1.807) is 12.7 Å². The number of rotatable bonds is 3. The number of para-hydroxylation sites is 1. The van der Waals surface area contributed by atoms with E-state index in [4.69, 9.17) is 5.11 Å². The van der Waals surface area contributed by atoms with Crippen molar-refractivity contribution in [3.05, 3.63) is 65.7 Å². The van der Waals surface area contributed by atoms with Gasteiger partial charge in [0, 0.05) is 12.2 Å². The van der Waals surface area contributed by atoms with E-state index in [1.165, 1.54) is 11.3 Å². The Morgan fingerprint density at radius 3 is 2.64 bits per heavy atom. The molecule has 2 aromatic rings. The van der Waals surface area contributed by atoms with E-state index in [0.29, 0.717) is 13.1 Å². The van der Waals surface area contributed by atoms with Crippen LogP contribution < -0.4 is 5.32 Å². The molecule has 128 valence electrons. The van der Waals surface area contributed by atoms with E-state index in [1.807, 2.05) is 47.4 Å². The summed E-state index contributed by atoms with van der Waals surface area (Å²) in [5, 5.41) is 11.8. The lowest BCUT2D eigenvalue weighted by Gasteiger charge is -2.14. The van der Waals surface area contributed by atoms with Crippen LogP contribution in [-0.4, -0.2) is 41.2 Å². The van der Waals surface area contributed by atoms with E-state index in [0.717, 1.165) is 12.1 Å². The lowest BCUT2D eigenvalue weighted by atomic mass is 10.1. The van der Waals surface area contributed by atoms with Crippen molar-refractivity contribution in [3.8, 4) is 0 Å². The van der Waals surface area contributed by atoms with Crippen LogP contribution in [0.5, 0.6) is 0 Å². The van der Waals surface area contributed by atoms with Crippen LogP contribution in [0.15, 0.2) is 64.6 Å². The van der Waals surface area contributed by atoms with Gasteiger partial charge in [0.1, 0.15) is 0 Å². The number of aliphatic imine (C=N–C) groups is 2. The van der Waals surface area contributed by atoms with Gasteiger partial charge in [-0.25, -0.2) is 4.79 Å². The molecule has 2 aliphatic rings. The summed E-state index contributed by atoms with van der Waals surface area (Å²) >= 11 is 0. The predicted octanol–water partition coefficient (Wildman–Crippen LogP) is 2.62. The molecule has 4 rings (SSSR count). The Balaban J connectivity index is 0.000000157. The Hall–Kier alpha value is -3.15. The summed E-state index contributed by atoms with van der Waals surface area (Å²) in [6.45, 7) is 1.99. The highest BCUT2D eigenvalue weighted by Crippen LogP contribution is 2.17. The fourth-order valence-corrected chi connectivity index (χ4v) is 2.61. The van der Waals surface area contributed by atoms with E-state index < -0.39 is 12.0 Å². The number of nitrogens with zero attached hydrogens (tertiary/aromatic N) is 3. The lowest BCUT2D eigenvalue weighted by molar-refractivity contribution is -0.138. The van der Waals surface area contributed by atoms with Crippen LogP contribution in [0.4, 0.5) is 5.69 Å². The van der Waals surface area contributed by atoms with E-state index in [-0.39, 0.29) is 0 Å². The maximum absolute atomic E-state index is 10.7. The summed E-state index contributed by atoms with van der Waals surface area (Å²) in [4.78, 5) is 20.6. The molecule has 2 aromatic carbocycles. The van der Waals surface area contributed by atoms with Crippen LogP contribution in [0.1, 0.15) is 11.1 Å². The Morgan fingerprint density at radius 2 is 1.92 bits per heavy atom. The average Bonchev–Trinajstić information content (AvgIpc) is 3.12. The van der Waals surface area contributed by atoms with Crippen LogP contribution in [0.25, 0.3) is 0 Å². The molecule has 2 heterocycles. The van der Waals surface area contributed by atoms with Crippen molar-refractivity contribution in [3.63, 3.8) is 0 Å². The molecule has 0 bridgehead atoms. The molecular weight excluding hydrogens is 316 g/mol. The van der Waals surface area contributed by atoms with Crippen LogP contribution in [-0.2, 0) is 17.9 Å². The molecule has 0 radical (unpaired) electrons. The Bertz CT molecular complexity index is 747. The zero-order chi connectivity index (χ0) is 17.5. The molecule has 0 amide bonds. The number of anilines is 1. The molecule has 1 unspecified atom stereocenters. The summed E-state index contributed by atoms with van der Waals surface area (Å²) in [7, 11) is 0.